The molecule has 0 aliphatic carbocycles. The van der Waals surface area contributed by atoms with Crippen LogP contribution in [0.25, 0.3) is 0 Å². The number of rotatable bonds is 3. The van der Waals surface area contributed by atoms with Crippen molar-refractivity contribution in [3.8, 4) is 11.8 Å². The van der Waals surface area contributed by atoms with Crippen LogP contribution in [0.5, 0.6) is 0 Å². The van der Waals surface area contributed by atoms with E-state index in [4.69, 9.17) is 4.74 Å². The van der Waals surface area contributed by atoms with Crippen LogP contribution >= 0.6 is 0 Å². The molecule has 0 saturated heterocycles. The monoisotopic (exact) mass is 194 g/mol. The summed E-state index contributed by atoms with van der Waals surface area (Å²) in [6, 6.07) is 0. The molecule has 78 valence electrons. The fourth-order valence-corrected chi connectivity index (χ4v) is 0.969. The van der Waals surface area contributed by atoms with Crippen molar-refractivity contribution in [2.75, 3.05) is 0 Å². The van der Waals surface area contributed by atoms with E-state index in [-0.39, 0.29) is 12.1 Å². The van der Waals surface area contributed by atoms with Crippen LogP contribution < -0.4 is 0 Å². The fourth-order valence-electron chi connectivity index (χ4n) is 0.969. The molecule has 2 heteroatoms. The molecule has 0 fully saturated rings. The molecular weight excluding hydrogens is 176 g/mol. The molecule has 0 aliphatic heterocycles. The van der Waals surface area contributed by atoms with E-state index in [1.165, 1.54) is 6.92 Å². The van der Waals surface area contributed by atoms with Crippen molar-refractivity contribution < 1.29 is 9.53 Å². The highest BCUT2D eigenvalue weighted by Gasteiger charge is 2.10. The molecule has 0 aromatic heterocycles. The summed E-state index contributed by atoms with van der Waals surface area (Å²) in [7, 11) is 0. The second-order valence-electron chi connectivity index (χ2n) is 3.78. The molecule has 1 unspecified atom stereocenters. The minimum Gasteiger partial charge on any atom is -0.449 e. The third-order valence-electron chi connectivity index (χ3n) is 1.44. The van der Waals surface area contributed by atoms with E-state index in [1.807, 2.05) is 6.92 Å². The SMILES string of the molecule is C=C(C)C#CC(CC(C)C)OC(C)=O. The molecular formula is C12H18O2. The van der Waals surface area contributed by atoms with Crippen LogP contribution in [0.3, 0.4) is 0 Å². The van der Waals surface area contributed by atoms with Gasteiger partial charge in [-0.3, -0.25) is 4.79 Å². The second kappa shape index (κ2) is 6.26. The van der Waals surface area contributed by atoms with E-state index in [1.54, 1.807) is 0 Å². The highest BCUT2D eigenvalue weighted by atomic mass is 16.5. The number of hydrogen-bond acceptors (Lipinski definition) is 2. The Hall–Kier alpha value is -1.23. The molecule has 2 nitrogen and oxygen atoms in total. The van der Waals surface area contributed by atoms with Gasteiger partial charge in [0.2, 0.25) is 0 Å². The first-order valence-corrected chi connectivity index (χ1v) is 4.76. The van der Waals surface area contributed by atoms with Gasteiger partial charge in [-0.2, -0.15) is 0 Å². The van der Waals surface area contributed by atoms with Crippen molar-refractivity contribution in [3.63, 3.8) is 0 Å². The Morgan fingerprint density at radius 1 is 1.43 bits per heavy atom. The second-order valence-corrected chi connectivity index (χ2v) is 3.78. The zero-order chi connectivity index (χ0) is 11.1. The number of carbonyl (C=O) groups excluding carboxylic acids is 1. The average Bonchev–Trinajstić information content (AvgIpc) is 1.97. The third-order valence-corrected chi connectivity index (χ3v) is 1.44. The molecule has 0 spiro atoms. The van der Waals surface area contributed by atoms with E-state index in [2.05, 4.69) is 32.3 Å². The number of hydrogen-bond donors (Lipinski definition) is 0. The Kier molecular flexibility index (Phi) is 5.71. The molecule has 0 N–H and O–H groups in total. The minimum atomic E-state index is -0.302. The Bertz CT molecular complexity index is 266. The quantitative estimate of drug-likeness (QED) is 0.510. The predicted octanol–water partition coefficient (Wildman–Crippen LogP) is 2.54. The van der Waals surface area contributed by atoms with Crippen molar-refractivity contribution in [1.82, 2.24) is 0 Å². The topological polar surface area (TPSA) is 26.3 Å². The Balaban J connectivity index is 4.34. The van der Waals surface area contributed by atoms with Gasteiger partial charge in [0.05, 0.1) is 0 Å². The van der Waals surface area contributed by atoms with Crippen LogP contribution in [0.4, 0.5) is 0 Å². The molecule has 0 aliphatic rings. The number of ether oxygens (including phenoxy) is 1. The van der Waals surface area contributed by atoms with Crippen LogP contribution in [0.1, 0.15) is 34.1 Å². The Morgan fingerprint density at radius 3 is 2.36 bits per heavy atom. The van der Waals surface area contributed by atoms with Gasteiger partial charge in [0.15, 0.2) is 6.10 Å². The van der Waals surface area contributed by atoms with Crippen molar-refractivity contribution in [2.45, 2.75) is 40.2 Å². The van der Waals surface area contributed by atoms with Gasteiger partial charge in [-0.25, -0.2) is 0 Å². The van der Waals surface area contributed by atoms with Gasteiger partial charge in [-0.05, 0) is 24.8 Å². The van der Waals surface area contributed by atoms with Crippen molar-refractivity contribution in [2.24, 2.45) is 5.92 Å². The maximum Gasteiger partial charge on any atom is 0.303 e. The first-order valence-electron chi connectivity index (χ1n) is 4.76. The predicted molar refractivity (Wildman–Crippen MR) is 57.6 cm³/mol. The highest BCUT2D eigenvalue weighted by Crippen LogP contribution is 2.07. The maximum absolute atomic E-state index is 10.8. The lowest BCUT2D eigenvalue weighted by Crippen LogP contribution is -2.16. The van der Waals surface area contributed by atoms with E-state index >= 15 is 0 Å². The molecule has 0 heterocycles. The summed E-state index contributed by atoms with van der Waals surface area (Å²) < 4.78 is 5.06. The summed E-state index contributed by atoms with van der Waals surface area (Å²) in [6.07, 6.45) is 0.462. The zero-order valence-electron chi connectivity index (χ0n) is 9.39. The molecule has 0 rings (SSSR count). The van der Waals surface area contributed by atoms with Gasteiger partial charge in [0.25, 0.3) is 0 Å². The molecule has 0 saturated carbocycles. The smallest absolute Gasteiger partial charge is 0.303 e. The van der Waals surface area contributed by atoms with E-state index < -0.39 is 0 Å². The van der Waals surface area contributed by atoms with Gasteiger partial charge in [0, 0.05) is 6.92 Å². The van der Waals surface area contributed by atoms with E-state index in [0.29, 0.717) is 5.92 Å². The van der Waals surface area contributed by atoms with Gasteiger partial charge < -0.3 is 4.74 Å². The van der Waals surface area contributed by atoms with Crippen LogP contribution in [-0.2, 0) is 9.53 Å². The lowest BCUT2D eigenvalue weighted by atomic mass is 10.1. The standard InChI is InChI=1S/C12H18O2/c1-9(2)6-7-12(8-10(3)4)14-11(5)13/h10,12H,1,8H2,2-5H3. The van der Waals surface area contributed by atoms with Crippen molar-refractivity contribution in [1.29, 1.82) is 0 Å². The lowest BCUT2D eigenvalue weighted by molar-refractivity contribution is -0.144. The summed E-state index contributed by atoms with van der Waals surface area (Å²) in [5.74, 6) is 5.90. The normalized spacial score (nSPS) is 11.5. The first kappa shape index (κ1) is 12.8. The summed E-state index contributed by atoms with van der Waals surface area (Å²) >= 11 is 0. The molecule has 1 atom stereocenters. The summed E-state index contributed by atoms with van der Waals surface area (Å²) in [5, 5.41) is 0. The van der Waals surface area contributed by atoms with Gasteiger partial charge in [0.1, 0.15) is 0 Å². The summed E-state index contributed by atoms with van der Waals surface area (Å²) in [5.41, 5.74) is 0.783. The third kappa shape index (κ3) is 7.42. The number of carbonyl (C=O) groups is 1. The van der Waals surface area contributed by atoms with Crippen LogP contribution in [0, 0.1) is 17.8 Å². The molecule has 0 aromatic carbocycles. The molecule has 0 bridgehead atoms. The molecule has 0 aromatic rings. The van der Waals surface area contributed by atoms with Crippen molar-refractivity contribution in [3.05, 3.63) is 12.2 Å². The lowest BCUT2D eigenvalue weighted by Gasteiger charge is -2.12. The highest BCUT2D eigenvalue weighted by molar-refractivity contribution is 5.66. The molecule has 0 radical (unpaired) electrons. The largest absolute Gasteiger partial charge is 0.449 e. The Morgan fingerprint density at radius 2 is 2.00 bits per heavy atom. The molecule has 0 amide bonds. The van der Waals surface area contributed by atoms with E-state index in [9.17, 15) is 4.79 Å². The van der Waals surface area contributed by atoms with Gasteiger partial charge in [-0.15, -0.1) is 0 Å². The molecule has 14 heavy (non-hydrogen) atoms. The summed E-state index contributed by atoms with van der Waals surface area (Å²) in [4.78, 5) is 10.8. The van der Waals surface area contributed by atoms with Gasteiger partial charge >= 0.3 is 5.97 Å². The van der Waals surface area contributed by atoms with Crippen LogP contribution in [-0.4, -0.2) is 12.1 Å². The van der Waals surface area contributed by atoms with Crippen LogP contribution in [0.2, 0.25) is 0 Å². The fraction of sp³-hybridized carbons (Fsp3) is 0.583. The van der Waals surface area contributed by atoms with Crippen molar-refractivity contribution >= 4 is 5.97 Å². The van der Waals surface area contributed by atoms with Crippen LogP contribution in [0.15, 0.2) is 12.2 Å². The number of allylic oxidation sites excluding steroid dienone is 1. The Labute approximate surface area is 86.3 Å². The van der Waals surface area contributed by atoms with Gasteiger partial charge in [-0.1, -0.05) is 32.3 Å². The summed E-state index contributed by atoms with van der Waals surface area (Å²) in [6.45, 7) is 11.0. The van der Waals surface area contributed by atoms with E-state index in [0.717, 1.165) is 12.0 Å². The average molecular weight is 194 g/mol. The zero-order valence-corrected chi connectivity index (χ0v) is 9.39. The number of esters is 1. The first-order chi connectivity index (χ1) is 6.41. The maximum atomic E-state index is 10.8. The minimum absolute atomic E-state index is 0.285.